The molecule has 740 valence electrons. The highest BCUT2D eigenvalue weighted by atomic mass is 79.9. The number of aryl methyl sites for hydroxylation is 1. The normalized spacial score (nSPS) is 20.1. The van der Waals surface area contributed by atoms with Crippen LogP contribution >= 0.6 is 88.8 Å². The zero-order valence-corrected chi connectivity index (χ0v) is 85.4. The number of nitrogens with one attached hydrogen (secondary N) is 3. The van der Waals surface area contributed by atoms with Gasteiger partial charge < -0.3 is 59.9 Å². The molecule has 0 unspecified atom stereocenters. The lowest BCUT2D eigenvalue weighted by Crippen LogP contribution is -2.53. The van der Waals surface area contributed by atoms with E-state index < -0.39 is 76.3 Å². The summed E-state index contributed by atoms with van der Waals surface area (Å²) in [6, 6.07) is 24.8. The van der Waals surface area contributed by atoms with Gasteiger partial charge in [0.05, 0.1) is 77.7 Å². The Morgan fingerprint density at radius 1 is 0.475 bits per heavy atom. The number of ether oxygens (including phenoxy) is 3. The lowest BCUT2D eigenvalue weighted by Gasteiger charge is -2.38. The van der Waals surface area contributed by atoms with E-state index in [1.165, 1.54) is 87.8 Å². The van der Waals surface area contributed by atoms with Gasteiger partial charge in [0.1, 0.15) is 41.4 Å². The van der Waals surface area contributed by atoms with E-state index in [-0.39, 0.29) is 72.4 Å². The standard InChI is InChI=1S/C34H36BrFN6O5S.C34H36ClFN6O5S.C30H31BrFN7O4S2/c2*1-4-47-31(43)27-26(38-29(30-37-11-14-48-30)39-28(27)24-10-7-21(36)15-25(24)35)19-40-12-13-41-23(17-40)18-42(33(41)46)22-8-5-20(6-9-22)16-34(2,3)32(44)45;1-3-43-28(41)24-23(35-26(27-33-8-11-44-27)36-25(24)21-7-5-18(32)12-22(21)31)15-37-9-10-38-20(13-37)14-39(30(38)42)29-34-19(16-45-29)6-4-17(2)40/h2*5-11,14-15,23,28H,4,12-13,16-19H2,1-3H3,(H,38,39)(H,44,45);5,7-8,11-12,16,20,25H,3-4,6,9-10,13-15H2,1-2H3,(H,35,36)/t2*23-,28-;20-,25-/m000/s1. The molecule has 4 aromatic heterocycles. The van der Waals surface area contributed by atoms with Gasteiger partial charge in [-0.05, 0) is 158 Å². The molecule has 5 aromatic carbocycles. The molecule has 43 heteroatoms. The lowest BCUT2D eigenvalue weighted by molar-refractivity contribution is -0.147. The second kappa shape index (κ2) is 44.2. The summed E-state index contributed by atoms with van der Waals surface area (Å²) in [6.45, 7) is 21.5. The summed E-state index contributed by atoms with van der Waals surface area (Å²) in [6.07, 6.45) is 6.78. The Morgan fingerprint density at radius 2 is 0.823 bits per heavy atom. The van der Waals surface area contributed by atoms with Gasteiger partial charge in [0.15, 0.2) is 37.7 Å². The minimum absolute atomic E-state index is 0.0693. The zero-order valence-electron chi connectivity index (χ0n) is 78.2. The number of aliphatic imine (C=N–C) groups is 3. The van der Waals surface area contributed by atoms with Crippen LogP contribution in [-0.2, 0) is 62.2 Å². The number of carbonyl (C=O) groups is 9. The fraction of sp³-hybridized carbons (Fsp3) is 0.388. The number of carbonyl (C=O) groups excluding carboxylic acids is 7. The van der Waals surface area contributed by atoms with Crippen molar-refractivity contribution in [3.63, 3.8) is 0 Å². The van der Waals surface area contributed by atoms with Crippen LogP contribution in [0, 0.1) is 28.3 Å². The van der Waals surface area contributed by atoms with Crippen LogP contribution in [0.25, 0.3) is 0 Å². The smallest absolute Gasteiger partial charge is 0.338 e. The minimum atomic E-state index is -0.900. The highest BCUT2D eigenvalue weighted by molar-refractivity contribution is 9.10. The van der Waals surface area contributed by atoms with Crippen LogP contribution in [0.4, 0.5) is 44.1 Å². The molecule has 13 heterocycles. The maximum atomic E-state index is 14.1. The number of nitrogens with zero attached hydrogens (tertiary/aromatic N) is 16. The number of esters is 3. The first-order valence-electron chi connectivity index (χ1n) is 45.9. The number of piperazine rings is 3. The molecular weight excluding hydrogens is 2050 g/mol. The Balaban J connectivity index is 0.000000152. The van der Waals surface area contributed by atoms with Crippen molar-refractivity contribution in [2.24, 2.45) is 25.8 Å². The van der Waals surface area contributed by atoms with Crippen LogP contribution in [0.1, 0.15) is 128 Å². The van der Waals surface area contributed by atoms with Crippen LogP contribution < -0.4 is 30.7 Å². The predicted molar refractivity (Wildman–Crippen MR) is 537 cm³/mol. The number of benzene rings is 5. The summed E-state index contributed by atoms with van der Waals surface area (Å²) < 4.78 is 59.7. The van der Waals surface area contributed by atoms with E-state index in [1.807, 2.05) is 84.8 Å². The van der Waals surface area contributed by atoms with Crippen molar-refractivity contribution in [1.82, 2.24) is 65.3 Å². The van der Waals surface area contributed by atoms with Crippen molar-refractivity contribution in [1.29, 1.82) is 0 Å². The van der Waals surface area contributed by atoms with Crippen molar-refractivity contribution in [2.45, 2.75) is 117 Å². The van der Waals surface area contributed by atoms with Gasteiger partial charge in [-0.25, -0.2) is 61.9 Å². The van der Waals surface area contributed by atoms with Crippen LogP contribution in [0.3, 0.4) is 0 Å². The van der Waals surface area contributed by atoms with Crippen LogP contribution in [0.2, 0.25) is 5.02 Å². The number of urea groups is 3. The van der Waals surface area contributed by atoms with Gasteiger partial charge in [-0.3, -0.25) is 54.0 Å². The van der Waals surface area contributed by atoms with Gasteiger partial charge in [0, 0.05) is 186 Å². The maximum absolute atomic E-state index is 14.1. The number of carboxylic acid groups (broad SMARTS) is 2. The highest BCUT2D eigenvalue weighted by Gasteiger charge is 2.48. The molecule has 0 bridgehead atoms. The number of thiazole rings is 4. The summed E-state index contributed by atoms with van der Waals surface area (Å²) in [5.41, 5.74) is 6.79. The number of amides is 6. The maximum Gasteiger partial charge on any atom is 0.338 e. The van der Waals surface area contributed by atoms with E-state index in [0.29, 0.717) is 215 Å². The Kier molecular flexibility index (Phi) is 32.0. The van der Waals surface area contributed by atoms with E-state index >= 15 is 0 Å². The van der Waals surface area contributed by atoms with Gasteiger partial charge in [-0.15, -0.1) is 45.3 Å². The van der Waals surface area contributed by atoms with E-state index in [9.17, 15) is 66.5 Å². The number of carboxylic acids is 2. The molecule has 9 aliphatic heterocycles. The molecular formula is C98H103Br2ClF3N19O14S4. The van der Waals surface area contributed by atoms with Crippen LogP contribution in [0.5, 0.6) is 0 Å². The number of anilines is 3. The summed E-state index contributed by atoms with van der Waals surface area (Å²) in [5, 5.41) is 39.2. The Morgan fingerprint density at radius 3 is 1.16 bits per heavy atom. The fourth-order valence-electron chi connectivity index (χ4n) is 18.3. The molecule has 18 rings (SSSR count). The molecule has 6 amide bonds. The number of fused-ring (bicyclic) bond motifs is 3. The SMILES string of the molecule is CCOC(=O)C1=C(CN2CCN3C(=O)N(c4ccc(CC(C)(C)C(=O)O)cc4)C[C@@H]3C2)NC(c2nccs2)=N[C@H]1c1ccc(F)cc1Br.CCOC(=O)C1=C(CN2CCN3C(=O)N(c4ccc(CC(C)(C)C(=O)O)cc4)C[C@@H]3C2)NC(c2nccs2)=N[C@H]1c1ccc(F)cc1Cl.CCOC(=O)C1=C(CN2CCN3C(=O)N(c4nc(CCC(C)=O)cs4)C[C@@H]3C2)NC(c2nccs2)=N[C@H]1c1ccc(F)cc1Br. The van der Waals surface area contributed by atoms with Crippen LogP contribution in [-0.4, -0.2) is 267 Å². The summed E-state index contributed by atoms with van der Waals surface area (Å²) in [5.74, 6) is -3.03. The molecule has 0 spiro atoms. The number of hydrogen-bond acceptors (Lipinski definition) is 29. The molecule has 0 saturated carbocycles. The van der Waals surface area contributed by atoms with Crippen molar-refractivity contribution < 1.29 is 80.7 Å². The first-order chi connectivity index (χ1) is 67.6. The number of halogens is 6. The second-order valence-corrected chi connectivity index (χ2v) is 41.8. The first kappa shape index (κ1) is 102. The Bertz CT molecular complexity index is 6190. The number of Topliss-reactive ketones (excluding diaryl/α,β-unsaturated/α-hetero) is 1. The van der Waals surface area contributed by atoms with Gasteiger partial charge in [-0.2, -0.15) is 0 Å². The summed E-state index contributed by atoms with van der Waals surface area (Å²) in [4.78, 5) is 166. The second-order valence-electron chi connectivity index (χ2n) is 36.2. The number of hydrogen-bond donors (Lipinski definition) is 5. The molecule has 6 fully saturated rings. The topological polar surface area (TPSA) is 376 Å². The minimum Gasteiger partial charge on any atom is -0.481 e. The largest absolute Gasteiger partial charge is 0.481 e. The Labute approximate surface area is 849 Å². The van der Waals surface area contributed by atoms with E-state index in [1.54, 1.807) is 101 Å². The number of ketones is 1. The zero-order chi connectivity index (χ0) is 100.0. The van der Waals surface area contributed by atoms with Crippen molar-refractivity contribution in [2.75, 3.05) is 133 Å². The highest BCUT2D eigenvalue weighted by Crippen LogP contribution is 2.44. The van der Waals surface area contributed by atoms with Gasteiger partial charge in [-0.1, -0.05) is 85.9 Å². The van der Waals surface area contributed by atoms with E-state index in [2.05, 4.69) is 82.4 Å². The third kappa shape index (κ3) is 23.2. The summed E-state index contributed by atoms with van der Waals surface area (Å²) >= 11 is 19.1. The third-order valence-electron chi connectivity index (χ3n) is 25.4. The van der Waals surface area contributed by atoms with Crippen molar-refractivity contribution >= 4 is 177 Å². The van der Waals surface area contributed by atoms with E-state index in [0.717, 1.165) is 28.2 Å². The molecule has 6 saturated heterocycles. The Hall–Kier alpha value is -12.0. The lowest BCUT2D eigenvalue weighted by atomic mass is 9.86. The third-order valence-corrected chi connectivity index (χ3v) is 30.4. The van der Waals surface area contributed by atoms with Crippen LogP contribution in [0.15, 0.2) is 201 Å². The number of aliphatic carboxylic acids is 2. The van der Waals surface area contributed by atoms with Crippen molar-refractivity contribution in [3.8, 4) is 0 Å². The molecule has 6 atom stereocenters. The van der Waals surface area contributed by atoms with Gasteiger partial charge in [0.25, 0.3) is 0 Å². The first-order valence-corrected chi connectivity index (χ1v) is 51.4. The van der Waals surface area contributed by atoms with Crippen molar-refractivity contribution in [3.05, 3.63) is 257 Å². The quantitative estimate of drug-likeness (QED) is 0.0206. The molecule has 0 aliphatic carbocycles. The van der Waals surface area contributed by atoms with Gasteiger partial charge >= 0.3 is 47.9 Å². The average Bonchev–Trinajstić information content (AvgIpc) is 1.54. The number of aromatic nitrogens is 4. The summed E-state index contributed by atoms with van der Waals surface area (Å²) in [7, 11) is 0. The molecule has 141 heavy (non-hydrogen) atoms. The number of rotatable bonds is 30. The molecule has 9 aromatic rings. The molecule has 9 aliphatic rings. The molecule has 33 nitrogen and oxygen atoms in total. The molecule has 5 N–H and O–H groups in total. The average molecular weight is 2150 g/mol. The predicted octanol–water partition coefficient (Wildman–Crippen LogP) is 14.9. The van der Waals surface area contributed by atoms with E-state index in [4.69, 9.17) is 40.8 Å². The van der Waals surface area contributed by atoms with Gasteiger partial charge in [0.2, 0.25) is 0 Å². The number of amidine groups is 3. The fourth-order valence-corrected chi connectivity index (χ4v) is 22.3. The molecule has 0 radical (unpaired) electrons. The monoisotopic (exact) mass is 2150 g/mol.